The summed E-state index contributed by atoms with van der Waals surface area (Å²) in [5.41, 5.74) is 0.494. The van der Waals surface area contributed by atoms with Crippen LogP contribution in [0, 0.1) is 0 Å². The molecule has 0 aromatic heterocycles. The number of oxime groups is 1. The average molecular weight is 424 g/mol. The number of phenolic OH excluding ortho intramolecular Hbond substituents is 1. The molecule has 0 spiro atoms. The lowest BCUT2D eigenvalue weighted by molar-refractivity contribution is -0.115. The fourth-order valence-corrected chi connectivity index (χ4v) is 2.58. The Bertz CT molecular complexity index is 943. The summed E-state index contributed by atoms with van der Waals surface area (Å²) in [5, 5.41) is 26.5. The summed E-state index contributed by atoms with van der Waals surface area (Å²) in [5.74, 6) is -1.38. The Morgan fingerprint density at radius 3 is 2.90 bits per heavy atom. The fraction of sp³-hybridized carbons (Fsp3) is 0.174. The van der Waals surface area contributed by atoms with Gasteiger partial charge in [0.05, 0.1) is 6.21 Å². The number of amides is 1. The second kappa shape index (κ2) is 12.6. The highest BCUT2D eigenvalue weighted by atomic mass is 16.6. The van der Waals surface area contributed by atoms with Crippen molar-refractivity contribution in [2.75, 3.05) is 7.11 Å². The van der Waals surface area contributed by atoms with Crippen molar-refractivity contribution in [3.8, 4) is 5.75 Å². The van der Waals surface area contributed by atoms with Crippen LogP contribution in [0.25, 0.3) is 6.08 Å². The fourth-order valence-electron chi connectivity index (χ4n) is 2.58. The van der Waals surface area contributed by atoms with Gasteiger partial charge in [0, 0.05) is 18.7 Å². The number of aliphatic hydroxyl groups excluding tert-OH is 1. The third-order valence-electron chi connectivity index (χ3n) is 4.05. The Morgan fingerprint density at radius 2 is 2.10 bits per heavy atom. The lowest BCUT2D eigenvalue weighted by Crippen LogP contribution is -2.30. The van der Waals surface area contributed by atoms with E-state index in [1.807, 2.05) is 0 Å². The second-order valence-corrected chi connectivity index (χ2v) is 6.25. The zero-order chi connectivity index (χ0) is 22.5. The molecule has 0 fully saturated rings. The molecule has 8 heteroatoms. The van der Waals surface area contributed by atoms with Gasteiger partial charge in [-0.05, 0) is 17.7 Å². The molecule has 0 saturated heterocycles. The molecule has 8 nitrogen and oxygen atoms in total. The van der Waals surface area contributed by atoms with Crippen LogP contribution in [0.5, 0.6) is 5.75 Å². The van der Waals surface area contributed by atoms with Gasteiger partial charge in [0.2, 0.25) is 5.91 Å². The zero-order valence-corrected chi connectivity index (χ0v) is 16.9. The molecular weight excluding hydrogens is 400 g/mol. The maximum absolute atomic E-state index is 12.7. The molecule has 2 atom stereocenters. The number of allylic oxidation sites excluding steroid dienone is 5. The maximum Gasteiger partial charge on any atom is 0.342 e. The Hall–Kier alpha value is -3.91. The number of carbonyl (C=O) groups excluding carboxylic acids is 2. The van der Waals surface area contributed by atoms with Gasteiger partial charge in [0.25, 0.3) is 0 Å². The first-order valence-electron chi connectivity index (χ1n) is 9.44. The van der Waals surface area contributed by atoms with Gasteiger partial charge in [-0.25, -0.2) is 4.79 Å². The molecule has 1 heterocycles. The Labute approximate surface area is 180 Å². The molecule has 162 valence electrons. The lowest BCUT2D eigenvalue weighted by Gasteiger charge is -2.21. The minimum atomic E-state index is -1.10. The van der Waals surface area contributed by atoms with E-state index in [0.717, 1.165) is 0 Å². The van der Waals surface area contributed by atoms with E-state index >= 15 is 0 Å². The number of nitrogens with zero attached hydrogens (tertiary/aromatic N) is 1. The number of carbonyl (C=O) groups is 2. The van der Waals surface area contributed by atoms with E-state index in [2.05, 4.69) is 15.3 Å². The van der Waals surface area contributed by atoms with Crippen molar-refractivity contribution in [3.63, 3.8) is 0 Å². The van der Waals surface area contributed by atoms with Crippen molar-refractivity contribution >= 4 is 24.2 Å². The van der Waals surface area contributed by atoms with Gasteiger partial charge in [-0.3, -0.25) is 4.79 Å². The number of aromatic hydroxyl groups is 1. The number of esters is 1. The summed E-state index contributed by atoms with van der Waals surface area (Å²) >= 11 is 0. The molecule has 3 N–H and O–H groups in total. The van der Waals surface area contributed by atoms with Crippen LogP contribution in [0.2, 0.25) is 0 Å². The highest BCUT2D eigenvalue weighted by molar-refractivity contribution is 5.96. The van der Waals surface area contributed by atoms with Crippen molar-refractivity contribution in [1.82, 2.24) is 5.32 Å². The van der Waals surface area contributed by atoms with Gasteiger partial charge in [0.15, 0.2) is 0 Å². The molecule has 0 saturated carbocycles. The van der Waals surface area contributed by atoms with Crippen LogP contribution in [0.3, 0.4) is 0 Å². The van der Waals surface area contributed by atoms with Crippen LogP contribution in [0.15, 0.2) is 78.2 Å². The number of rotatable bonds is 6. The number of hydrogen-bond donors (Lipinski definition) is 3. The normalized spacial score (nSPS) is 19.2. The quantitative estimate of drug-likeness (QED) is 0.280. The van der Waals surface area contributed by atoms with Gasteiger partial charge in [-0.1, -0.05) is 59.8 Å². The van der Waals surface area contributed by atoms with Gasteiger partial charge < -0.3 is 25.1 Å². The number of phenols is 1. The maximum atomic E-state index is 12.7. The Kier molecular flexibility index (Phi) is 9.51. The smallest absolute Gasteiger partial charge is 0.342 e. The summed E-state index contributed by atoms with van der Waals surface area (Å²) in [4.78, 5) is 28.8. The largest absolute Gasteiger partial charge is 0.507 e. The zero-order valence-electron chi connectivity index (χ0n) is 16.9. The number of aliphatic hydroxyl groups is 1. The van der Waals surface area contributed by atoms with Crippen LogP contribution < -0.4 is 5.32 Å². The standard InChI is InChI=1S/C23H24N2O6/c1-30-25-16-8-14-21(28)24-15-7-13-20-18(26)11-5-3-2-4-9-17-10-6-12-19(27)22(17)23(29)31-20/h2-12,14-16,18,20,26-27H,13H2,1H3,(H,24,28). The Balaban J connectivity index is 2.12. The molecule has 1 amide bonds. The summed E-state index contributed by atoms with van der Waals surface area (Å²) in [6, 6.07) is 4.68. The highest BCUT2D eigenvalue weighted by Gasteiger charge is 2.24. The second-order valence-electron chi connectivity index (χ2n) is 6.25. The number of ether oxygens (including phenoxy) is 1. The van der Waals surface area contributed by atoms with Crippen molar-refractivity contribution in [2.24, 2.45) is 5.16 Å². The first-order chi connectivity index (χ1) is 15.0. The van der Waals surface area contributed by atoms with Crippen molar-refractivity contribution < 1.29 is 29.4 Å². The lowest BCUT2D eigenvalue weighted by atomic mass is 10.0. The number of cyclic esters (lactones) is 1. The van der Waals surface area contributed by atoms with Gasteiger partial charge in [0.1, 0.15) is 30.6 Å². The van der Waals surface area contributed by atoms with E-state index in [4.69, 9.17) is 4.74 Å². The number of nitrogens with one attached hydrogen (secondary N) is 1. The molecular formula is C23H24N2O6. The third kappa shape index (κ3) is 7.79. The van der Waals surface area contributed by atoms with Crippen LogP contribution in [0.1, 0.15) is 22.3 Å². The predicted octanol–water partition coefficient (Wildman–Crippen LogP) is 2.63. The summed E-state index contributed by atoms with van der Waals surface area (Å²) < 4.78 is 5.47. The molecule has 1 aliphatic rings. The Morgan fingerprint density at radius 1 is 1.29 bits per heavy atom. The summed E-state index contributed by atoms with van der Waals surface area (Å²) in [6.07, 6.45) is 14.9. The van der Waals surface area contributed by atoms with Crippen LogP contribution >= 0.6 is 0 Å². The van der Waals surface area contributed by atoms with Crippen LogP contribution in [-0.2, 0) is 14.4 Å². The van der Waals surface area contributed by atoms with E-state index in [-0.39, 0.29) is 17.7 Å². The van der Waals surface area contributed by atoms with Gasteiger partial charge >= 0.3 is 5.97 Å². The molecule has 1 aromatic carbocycles. The molecule has 1 aromatic rings. The minimum absolute atomic E-state index is 0.00838. The van der Waals surface area contributed by atoms with E-state index in [1.54, 1.807) is 48.6 Å². The SMILES string of the molecule is CON=CC=CC(=O)NC=CCC1OC(=O)c2c(O)cccc2C=CC=CC=CC1O. The monoisotopic (exact) mass is 424 g/mol. The van der Waals surface area contributed by atoms with Crippen molar-refractivity contribution in [2.45, 2.75) is 18.6 Å². The number of benzene rings is 1. The number of fused-ring (bicyclic) bond motifs is 1. The van der Waals surface area contributed by atoms with E-state index < -0.39 is 24.1 Å². The minimum Gasteiger partial charge on any atom is -0.507 e. The summed E-state index contributed by atoms with van der Waals surface area (Å²) in [6.45, 7) is 0. The van der Waals surface area contributed by atoms with Crippen molar-refractivity contribution in [3.05, 3.63) is 84.1 Å². The third-order valence-corrected chi connectivity index (χ3v) is 4.05. The molecule has 2 unspecified atom stereocenters. The first kappa shape index (κ1) is 23.4. The highest BCUT2D eigenvalue weighted by Crippen LogP contribution is 2.25. The molecule has 0 bridgehead atoms. The molecule has 31 heavy (non-hydrogen) atoms. The number of hydrogen-bond acceptors (Lipinski definition) is 7. The molecule has 2 rings (SSSR count). The summed E-state index contributed by atoms with van der Waals surface area (Å²) in [7, 11) is 1.39. The van der Waals surface area contributed by atoms with Crippen molar-refractivity contribution in [1.29, 1.82) is 0 Å². The van der Waals surface area contributed by atoms with Gasteiger partial charge in [-0.2, -0.15) is 0 Å². The van der Waals surface area contributed by atoms with E-state index in [0.29, 0.717) is 5.56 Å². The van der Waals surface area contributed by atoms with Crippen LogP contribution in [0.4, 0.5) is 0 Å². The van der Waals surface area contributed by atoms with E-state index in [9.17, 15) is 19.8 Å². The topological polar surface area (TPSA) is 117 Å². The van der Waals surface area contributed by atoms with Gasteiger partial charge in [-0.15, -0.1) is 0 Å². The van der Waals surface area contributed by atoms with E-state index in [1.165, 1.54) is 43.8 Å². The van der Waals surface area contributed by atoms with Crippen LogP contribution in [-0.4, -0.2) is 47.6 Å². The predicted molar refractivity (Wildman–Crippen MR) is 117 cm³/mol. The molecule has 0 aliphatic carbocycles. The average Bonchev–Trinajstić information content (AvgIpc) is 2.74. The molecule has 0 radical (unpaired) electrons. The first-order valence-corrected chi connectivity index (χ1v) is 9.44. The molecule has 1 aliphatic heterocycles.